The average Bonchev–Trinajstić information content (AvgIpc) is 3.21. The topological polar surface area (TPSA) is 118 Å². The number of ether oxygens (including phenoxy) is 1. The summed E-state index contributed by atoms with van der Waals surface area (Å²) >= 11 is 1.05. The summed E-state index contributed by atoms with van der Waals surface area (Å²) < 4.78 is 5.70. The third kappa shape index (κ3) is 5.13. The molecule has 9 heteroatoms. The van der Waals surface area contributed by atoms with Crippen LogP contribution in [0.25, 0.3) is 17.1 Å². The van der Waals surface area contributed by atoms with E-state index in [1.807, 2.05) is 24.3 Å². The molecule has 4 rings (SSSR count). The molecule has 160 valence electrons. The molecule has 0 aliphatic heterocycles. The van der Waals surface area contributed by atoms with Gasteiger partial charge in [0.05, 0.1) is 16.0 Å². The first kappa shape index (κ1) is 21.1. The molecule has 8 nitrogen and oxygen atoms in total. The van der Waals surface area contributed by atoms with Crippen LogP contribution >= 0.6 is 11.8 Å². The number of non-ortho nitro benzene ring substituents is 1. The van der Waals surface area contributed by atoms with Gasteiger partial charge in [0.1, 0.15) is 17.3 Å². The van der Waals surface area contributed by atoms with E-state index in [4.69, 9.17) is 4.74 Å². The summed E-state index contributed by atoms with van der Waals surface area (Å²) in [6, 6.07) is 20.6. The molecule has 3 aromatic carbocycles. The van der Waals surface area contributed by atoms with E-state index in [9.17, 15) is 20.0 Å². The Bertz CT molecular complexity index is 1260. The van der Waals surface area contributed by atoms with Gasteiger partial charge in [0.2, 0.25) is 0 Å². The van der Waals surface area contributed by atoms with Crippen LogP contribution in [0.5, 0.6) is 5.75 Å². The van der Waals surface area contributed by atoms with E-state index in [1.165, 1.54) is 12.1 Å². The number of thioether (sulfide) groups is 1. The highest BCUT2D eigenvalue weighted by molar-refractivity contribution is 8.04. The Hall–Kier alpha value is -4.11. The lowest BCUT2D eigenvalue weighted by molar-refractivity contribution is -0.384. The predicted octanol–water partition coefficient (Wildman–Crippen LogP) is 5.27. The first-order chi connectivity index (χ1) is 15.5. The zero-order chi connectivity index (χ0) is 22.5. The van der Waals surface area contributed by atoms with Crippen molar-refractivity contribution >= 4 is 40.5 Å². The molecule has 4 aromatic rings. The number of imidazole rings is 1. The number of aromatic amines is 1. The summed E-state index contributed by atoms with van der Waals surface area (Å²) in [4.78, 5) is 29.6. The Kier molecular flexibility index (Phi) is 6.18. The van der Waals surface area contributed by atoms with Gasteiger partial charge in [0.15, 0.2) is 5.16 Å². The molecule has 0 saturated heterocycles. The highest BCUT2D eigenvalue weighted by Crippen LogP contribution is 2.28. The van der Waals surface area contributed by atoms with Crippen LogP contribution in [0.4, 0.5) is 5.69 Å². The van der Waals surface area contributed by atoms with Gasteiger partial charge < -0.3 is 14.8 Å². The van der Waals surface area contributed by atoms with Gasteiger partial charge in [-0.25, -0.2) is 9.78 Å². The normalized spacial score (nSPS) is 11.4. The molecule has 2 N–H and O–H groups in total. The second-order valence-corrected chi connectivity index (χ2v) is 7.79. The number of hydrogen-bond acceptors (Lipinski definition) is 6. The molecule has 0 aliphatic carbocycles. The number of carbonyl (C=O) groups is 1. The molecule has 0 unspecified atom stereocenters. The van der Waals surface area contributed by atoms with Crippen LogP contribution in [0.3, 0.4) is 0 Å². The zero-order valence-corrected chi connectivity index (χ0v) is 17.4. The van der Waals surface area contributed by atoms with Crippen molar-refractivity contribution in [3.63, 3.8) is 0 Å². The number of nitrogens with zero attached hydrogens (tertiary/aromatic N) is 2. The fourth-order valence-electron chi connectivity index (χ4n) is 2.91. The van der Waals surface area contributed by atoms with Crippen LogP contribution in [0.15, 0.2) is 82.9 Å². The number of nitrogens with one attached hydrogen (secondary N) is 1. The van der Waals surface area contributed by atoms with E-state index in [-0.39, 0.29) is 17.2 Å². The average molecular weight is 447 g/mol. The van der Waals surface area contributed by atoms with Crippen LogP contribution in [-0.4, -0.2) is 26.0 Å². The molecule has 32 heavy (non-hydrogen) atoms. The van der Waals surface area contributed by atoms with Crippen LogP contribution < -0.4 is 4.74 Å². The number of fused-ring (bicyclic) bond motifs is 1. The van der Waals surface area contributed by atoms with Gasteiger partial charge >= 0.3 is 5.97 Å². The maximum Gasteiger partial charge on any atom is 0.342 e. The number of carboxylic acids is 1. The lowest BCUT2D eigenvalue weighted by Gasteiger charge is -2.07. The quantitative estimate of drug-likeness (QED) is 0.163. The second kappa shape index (κ2) is 9.36. The third-order valence-corrected chi connectivity index (χ3v) is 5.41. The van der Waals surface area contributed by atoms with Crippen LogP contribution in [0.2, 0.25) is 0 Å². The number of nitro benzene ring substituents is 1. The summed E-state index contributed by atoms with van der Waals surface area (Å²) in [6.45, 7) is 0.259. The van der Waals surface area contributed by atoms with E-state index in [0.717, 1.165) is 28.4 Å². The molecule has 0 spiro atoms. The van der Waals surface area contributed by atoms with Crippen molar-refractivity contribution in [2.45, 2.75) is 11.8 Å². The maximum atomic E-state index is 11.7. The standard InChI is InChI=1S/C23H17N3O5S/c27-22(28)21(32-23-24-19-3-1-2-4-20(19)25-23)13-15-7-11-18(12-8-15)31-14-16-5-9-17(10-6-16)26(29)30/h1-13H,14H2,(H,24,25)(H,27,28)/b21-13-. The summed E-state index contributed by atoms with van der Waals surface area (Å²) in [7, 11) is 0. The third-order valence-electron chi connectivity index (χ3n) is 4.52. The SMILES string of the molecule is O=C(O)/C(=C/c1ccc(OCc2ccc([N+](=O)[O-])cc2)cc1)Sc1nc2ccccc2[nH]1. The molecule has 0 fully saturated rings. The minimum Gasteiger partial charge on any atom is -0.489 e. The second-order valence-electron chi connectivity index (χ2n) is 6.76. The molecular formula is C23H17N3O5S. The summed E-state index contributed by atoms with van der Waals surface area (Å²) in [5, 5.41) is 20.8. The molecule has 1 aromatic heterocycles. The molecule has 0 aliphatic rings. The van der Waals surface area contributed by atoms with Crippen molar-refractivity contribution in [1.29, 1.82) is 0 Å². The van der Waals surface area contributed by atoms with E-state index in [0.29, 0.717) is 16.5 Å². The van der Waals surface area contributed by atoms with Crippen molar-refractivity contribution in [1.82, 2.24) is 9.97 Å². The number of H-pyrrole nitrogens is 1. The van der Waals surface area contributed by atoms with Gasteiger partial charge in [0.25, 0.3) is 5.69 Å². The molecule has 0 atom stereocenters. The minimum atomic E-state index is -1.05. The first-order valence-electron chi connectivity index (χ1n) is 9.52. The lowest BCUT2D eigenvalue weighted by Crippen LogP contribution is -1.98. The monoisotopic (exact) mass is 447 g/mol. The van der Waals surface area contributed by atoms with E-state index in [1.54, 1.807) is 42.5 Å². The van der Waals surface area contributed by atoms with Gasteiger partial charge in [0, 0.05) is 12.1 Å². The van der Waals surface area contributed by atoms with Gasteiger partial charge in [-0.2, -0.15) is 0 Å². The number of nitro groups is 1. The molecule has 1 heterocycles. The van der Waals surface area contributed by atoms with E-state index in [2.05, 4.69) is 9.97 Å². The molecule has 0 amide bonds. The highest BCUT2D eigenvalue weighted by atomic mass is 32.2. The highest BCUT2D eigenvalue weighted by Gasteiger charge is 2.13. The number of aliphatic carboxylic acids is 1. The number of para-hydroxylation sites is 2. The zero-order valence-electron chi connectivity index (χ0n) is 16.6. The number of hydrogen-bond donors (Lipinski definition) is 2. The Balaban J connectivity index is 1.42. The Labute approximate surface area is 186 Å². The molecule has 0 saturated carbocycles. The molecule has 0 bridgehead atoms. The van der Waals surface area contributed by atoms with Crippen molar-refractivity contribution in [3.05, 3.63) is 98.9 Å². The largest absolute Gasteiger partial charge is 0.489 e. The Morgan fingerprint density at radius 3 is 2.47 bits per heavy atom. The fourth-order valence-corrected chi connectivity index (χ4v) is 3.70. The Morgan fingerprint density at radius 2 is 1.81 bits per heavy atom. The van der Waals surface area contributed by atoms with Gasteiger partial charge in [-0.05, 0) is 65.4 Å². The number of benzene rings is 3. The predicted molar refractivity (Wildman–Crippen MR) is 121 cm³/mol. The maximum absolute atomic E-state index is 11.7. The van der Waals surface area contributed by atoms with Crippen LogP contribution in [0, 0.1) is 10.1 Å². The molecular weight excluding hydrogens is 430 g/mol. The first-order valence-corrected chi connectivity index (χ1v) is 10.3. The smallest absolute Gasteiger partial charge is 0.342 e. The Morgan fingerprint density at radius 1 is 1.09 bits per heavy atom. The van der Waals surface area contributed by atoms with Gasteiger partial charge in [-0.1, -0.05) is 24.3 Å². The summed E-state index contributed by atoms with van der Waals surface area (Å²) in [6.07, 6.45) is 1.57. The lowest BCUT2D eigenvalue weighted by atomic mass is 10.2. The molecule has 0 radical (unpaired) electrons. The van der Waals surface area contributed by atoms with E-state index >= 15 is 0 Å². The number of carboxylic acid groups (broad SMARTS) is 1. The van der Waals surface area contributed by atoms with Crippen LogP contribution in [0.1, 0.15) is 11.1 Å². The van der Waals surface area contributed by atoms with Crippen molar-refractivity contribution in [2.75, 3.05) is 0 Å². The van der Waals surface area contributed by atoms with Gasteiger partial charge in [-0.15, -0.1) is 0 Å². The summed E-state index contributed by atoms with van der Waals surface area (Å²) in [5.74, 6) is -0.448. The van der Waals surface area contributed by atoms with Crippen LogP contribution in [-0.2, 0) is 11.4 Å². The van der Waals surface area contributed by atoms with Crippen molar-refractivity contribution in [3.8, 4) is 5.75 Å². The van der Waals surface area contributed by atoms with E-state index < -0.39 is 10.9 Å². The van der Waals surface area contributed by atoms with Gasteiger partial charge in [-0.3, -0.25) is 10.1 Å². The van der Waals surface area contributed by atoms with Crippen molar-refractivity contribution in [2.24, 2.45) is 0 Å². The fraction of sp³-hybridized carbons (Fsp3) is 0.0435. The minimum absolute atomic E-state index is 0.0274. The summed E-state index contributed by atoms with van der Waals surface area (Å²) in [5.41, 5.74) is 3.15. The number of rotatable bonds is 8. The van der Waals surface area contributed by atoms with Crippen molar-refractivity contribution < 1.29 is 19.6 Å². The number of aromatic nitrogens is 2.